The average Bonchev–Trinajstić information content (AvgIpc) is 3.07. The van der Waals surface area contributed by atoms with Crippen LogP contribution in [0.1, 0.15) is 25.1 Å². The van der Waals surface area contributed by atoms with Crippen LogP contribution < -0.4 is 5.43 Å². The molecule has 1 N–H and O–H groups in total. The summed E-state index contributed by atoms with van der Waals surface area (Å²) < 4.78 is 5.30. The number of oxazole rings is 1. The summed E-state index contributed by atoms with van der Waals surface area (Å²) in [6.07, 6.45) is 3.05. The lowest BCUT2D eigenvalue weighted by molar-refractivity contribution is 0.576. The van der Waals surface area contributed by atoms with Gasteiger partial charge in [0.1, 0.15) is 16.8 Å². The third kappa shape index (κ3) is 1.96. The number of aromatic amines is 1. The second-order valence-corrected chi connectivity index (χ2v) is 6.26. The molecular formula is C14H12N4O2S. The molecule has 0 saturated carbocycles. The lowest BCUT2D eigenvalue weighted by Gasteiger charge is -2.12. The Morgan fingerprint density at radius 3 is 2.86 bits per heavy atom. The number of H-pyrrole nitrogens is 1. The van der Waals surface area contributed by atoms with Crippen LogP contribution in [0, 0.1) is 18.3 Å². The Morgan fingerprint density at radius 2 is 2.24 bits per heavy atom. The van der Waals surface area contributed by atoms with E-state index >= 15 is 0 Å². The van der Waals surface area contributed by atoms with Gasteiger partial charge in [0.2, 0.25) is 11.3 Å². The molecule has 106 valence electrons. The largest absolute Gasteiger partial charge is 0.444 e. The first-order chi connectivity index (χ1) is 9.95. The van der Waals surface area contributed by atoms with Crippen molar-refractivity contribution in [3.63, 3.8) is 0 Å². The highest BCUT2D eigenvalue weighted by atomic mass is 32.1. The maximum absolute atomic E-state index is 12.7. The minimum absolute atomic E-state index is 0.220. The minimum atomic E-state index is -0.945. The number of nitrogens with one attached hydrogen (secondary N) is 1. The van der Waals surface area contributed by atoms with Gasteiger partial charge >= 0.3 is 0 Å². The maximum atomic E-state index is 12.7. The van der Waals surface area contributed by atoms with Gasteiger partial charge in [-0.15, -0.1) is 11.3 Å². The summed E-state index contributed by atoms with van der Waals surface area (Å²) in [5, 5.41) is 16.7. The van der Waals surface area contributed by atoms with Crippen molar-refractivity contribution in [2.45, 2.75) is 26.2 Å². The minimum Gasteiger partial charge on any atom is -0.444 e. The van der Waals surface area contributed by atoms with Crippen LogP contribution in [-0.2, 0) is 5.41 Å². The van der Waals surface area contributed by atoms with E-state index in [1.165, 1.54) is 17.6 Å². The molecule has 7 heteroatoms. The number of hydrogen-bond acceptors (Lipinski definition) is 6. The van der Waals surface area contributed by atoms with Crippen LogP contribution in [0.4, 0.5) is 0 Å². The van der Waals surface area contributed by atoms with Crippen LogP contribution in [0.25, 0.3) is 21.0 Å². The molecule has 0 saturated heterocycles. The summed E-state index contributed by atoms with van der Waals surface area (Å²) in [6.45, 7) is 5.19. The van der Waals surface area contributed by atoms with E-state index in [1.54, 1.807) is 20.0 Å². The van der Waals surface area contributed by atoms with E-state index in [0.29, 0.717) is 16.1 Å². The molecule has 3 aromatic rings. The number of hydrogen-bond donors (Lipinski definition) is 1. The molecule has 0 aromatic carbocycles. The van der Waals surface area contributed by atoms with Crippen LogP contribution in [-0.4, -0.2) is 15.2 Å². The molecule has 0 unspecified atom stereocenters. The molecule has 3 heterocycles. The molecule has 0 radical (unpaired) electrons. The number of nitrogens with zero attached hydrogens (tertiary/aromatic N) is 3. The van der Waals surface area contributed by atoms with Crippen molar-refractivity contribution in [1.29, 1.82) is 5.26 Å². The molecule has 0 aliphatic rings. The van der Waals surface area contributed by atoms with Gasteiger partial charge in [-0.1, -0.05) is 0 Å². The van der Waals surface area contributed by atoms with E-state index in [0.717, 1.165) is 10.4 Å². The zero-order chi connectivity index (χ0) is 15.2. The van der Waals surface area contributed by atoms with Gasteiger partial charge in [0.15, 0.2) is 0 Å². The first-order valence-corrected chi connectivity index (χ1v) is 7.10. The molecule has 3 rings (SSSR count). The topological polar surface area (TPSA) is 95.6 Å². The smallest absolute Gasteiger partial charge is 0.236 e. The van der Waals surface area contributed by atoms with Gasteiger partial charge in [0.05, 0.1) is 27.9 Å². The van der Waals surface area contributed by atoms with Gasteiger partial charge in [-0.3, -0.25) is 9.89 Å². The quantitative estimate of drug-likeness (QED) is 0.785. The number of thiophene rings is 1. The second kappa shape index (κ2) is 4.53. The molecular weight excluding hydrogens is 288 g/mol. The van der Waals surface area contributed by atoms with E-state index in [4.69, 9.17) is 4.42 Å². The van der Waals surface area contributed by atoms with Crippen molar-refractivity contribution >= 4 is 21.6 Å². The summed E-state index contributed by atoms with van der Waals surface area (Å²) in [5.41, 5.74) is -0.158. The Balaban J connectivity index is 2.34. The summed E-state index contributed by atoms with van der Waals surface area (Å²) in [6, 6.07) is 2.11. The molecule has 0 fully saturated rings. The number of rotatable bonds is 2. The molecule has 0 amide bonds. The maximum Gasteiger partial charge on any atom is 0.236 e. The molecule has 0 aliphatic carbocycles. The molecule has 0 aliphatic heterocycles. The number of nitriles is 1. The van der Waals surface area contributed by atoms with Crippen molar-refractivity contribution in [1.82, 2.24) is 15.2 Å². The van der Waals surface area contributed by atoms with Crippen molar-refractivity contribution < 1.29 is 4.42 Å². The molecule has 3 aromatic heterocycles. The van der Waals surface area contributed by atoms with Crippen molar-refractivity contribution in [3.05, 3.63) is 33.9 Å². The van der Waals surface area contributed by atoms with E-state index in [-0.39, 0.29) is 11.1 Å². The van der Waals surface area contributed by atoms with Crippen LogP contribution in [0.2, 0.25) is 0 Å². The van der Waals surface area contributed by atoms with Crippen molar-refractivity contribution in [2.75, 3.05) is 0 Å². The zero-order valence-corrected chi connectivity index (χ0v) is 12.5. The predicted molar refractivity (Wildman–Crippen MR) is 79.1 cm³/mol. The second-order valence-electron chi connectivity index (χ2n) is 5.24. The number of fused-ring (bicyclic) bond motifs is 1. The van der Waals surface area contributed by atoms with Crippen LogP contribution in [0.5, 0.6) is 0 Å². The molecule has 21 heavy (non-hydrogen) atoms. The Hall–Kier alpha value is -2.46. The lowest BCUT2D eigenvalue weighted by Crippen LogP contribution is -2.27. The number of aryl methyl sites for hydroxylation is 1. The average molecular weight is 300 g/mol. The summed E-state index contributed by atoms with van der Waals surface area (Å²) in [7, 11) is 0. The van der Waals surface area contributed by atoms with Crippen molar-refractivity contribution in [3.8, 4) is 16.8 Å². The van der Waals surface area contributed by atoms with Crippen LogP contribution >= 0.6 is 11.3 Å². The van der Waals surface area contributed by atoms with Gasteiger partial charge in [0, 0.05) is 0 Å². The Bertz CT molecular complexity index is 913. The third-order valence-corrected chi connectivity index (χ3v) is 4.54. The highest BCUT2D eigenvalue weighted by Gasteiger charge is 2.28. The first-order valence-electron chi connectivity index (χ1n) is 6.29. The molecule has 0 bridgehead atoms. The van der Waals surface area contributed by atoms with Crippen LogP contribution in [0.3, 0.4) is 0 Å². The highest BCUT2D eigenvalue weighted by Crippen LogP contribution is 2.35. The van der Waals surface area contributed by atoms with E-state index in [1.807, 2.05) is 6.92 Å². The lowest BCUT2D eigenvalue weighted by atomic mass is 9.90. The van der Waals surface area contributed by atoms with Gasteiger partial charge in [-0.05, 0) is 26.3 Å². The van der Waals surface area contributed by atoms with Gasteiger partial charge in [0.25, 0.3) is 0 Å². The molecule has 0 atom stereocenters. The monoisotopic (exact) mass is 300 g/mol. The van der Waals surface area contributed by atoms with E-state index in [2.05, 4.69) is 21.3 Å². The normalized spacial score (nSPS) is 11.7. The summed E-state index contributed by atoms with van der Waals surface area (Å²) >= 11 is 1.37. The fourth-order valence-corrected chi connectivity index (χ4v) is 3.24. The Morgan fingerprint density at radius 1 is 1.48 bits per heavy atom. The SMILES string of the molecule is Cc1c(-c2ncco2)sc2[nH]nc(C(C)(C)C#N)c(=O)c12. The molecule has 6 nitrogen and oxygen atoms in total. The summed E-state index contributed by atoms with van der Waals surface area (Å²) in [5.74, 6) is 0.475. The fourth-order valence-electron chi connectivity index (χ4n) is 2.16. The highest BCUT2D eigenvalue weighted by molar-refractivity contribution is 7.22. The summed E-state index contributed by atoms with van der Waals surface area (Å²) in [4.78, 5) is 18.2. The first kappa shape index (κ1) is 13.5. The zero-order valence-electron chi connectivity index (χ0n) is 11.7. The van der Waals surface area contributed by atoms with Gasteiger partial charge < -0.3 is 4.42 Å². The third-order valence-electron chi connectivity index (χ3n) is 3.36. The predicted octanol–water partition coefficient (Wildman–Crippen LogP) is 2.75. The van der Waals surface area contributed by atoms with Gasteiger partial charge in [-0.25, -0.2) is 4.98 Å². The van der Waals surface area contributed by atoms with E-state index in [9.17, 15) is 10.1 Å². The van der Waals surface area contributed by atoms with Crippen LogP contribution in [0.15, 0.2) is 21.7 Å². The standard InChI is InChI=1S/C14H12N4O2S/c1-7-8-9(19)11(14(2,3)6-15)17-18-13(8)21-10(7)12-16-4-5-20-12/h4-5H,1-3H3,(H,18,19). The van der Waals surface area contributed by atoms with E-state index < -0.39 is 5.41 Å². The fraction of sp³-hybridized carbons (Fsp3) is 0.286. The Kier molecular flexibility index (Phi) is 2.92. The van der Waals surface area contributed by atoms with Gasteiger partial charge in [-0.2, -0.15) is 10.4 Å². The Labute approximate surface area is 124 Å². The van der Waals surface area contributed by atoms with Crippen molar-refractivity contribution in [2.24, 2.45) is 0 Å². The molecule has 0 spiro atoms. The number of aromatic nitrogens is 3.